The van der Waals surface area contributed by atoms with E-state index in [2.05, 4.69) is 51.8 Å². The predicted molar refractivity (Wildman–Crippen MR) is 110 cm³/mol. The van der Waals surface area contributed by atoms with Gasteiger partial charge in [-0.15, -0.1) is 5.10 Å². The fourth-order valence-corrected chi connectivity index (χ4v) is 2.97. The van der Waals surface area contributed by atoms with E-state index in [4.69, 9.17) is 0 Å². The summed E-state index contributed by atoms with van der Waals surface area (Å²) >= 11 is 0. The van der Waals surface area contributed by atoms with Crippen molar-refractivity contribution in [2.75, 3.05) is 5.32 Å². The van der Waals surface area contributed by atoms with Crippen LogP contribution in [0, 0.1) is 6.92 Å². The normalized spacial score (nSPS) is 10.7. The molecule has 144 valence electrons. The third kappa shape index (κ3) is 4.14. The summed E-state index contributed by atoms with van der Waals surface area (Å²) in [6, 6.07) is 17.6. The van der Waals surface area contributed by atoms with E-state index < -0.39 is 5.97 Å². The highest BCUT2D eigenvalue weighted by molar-refractivity contribution is 5.95. The molecule has 0 aliphatic carbocycles. The predicted octanol–water partition coefficient (Wildman–Crippen LogP) is 3.95. The van der Waals surface area contributed by atoms with Gasteiger partial charge in [0.2, 0.25) is 0 Å². The van der Waals surface area contributed by atoms with Gasteiger partial charge in [0.25, 0.3) is 0 Å². The SMILES string of the molecule is Cc1ccc(CNc2cccc(-n3cc(-c4cnccc4C(=O)O)nn3)c2)cc1. The third-order valence-electron chi connectivity index (χ3n) is 4.55. The molecule has 0 radical (unpaired) electrons. The van der Waals surface area contributed by atoms with Crippen molar-refractivity contribution in [3.8, 4) is 16.9 Å². The minimum atomic E-state index is -1.03. The second kappa shape index (κ2) is 7.93. The average Bonchev–Trinajstić information content (AvgIpc) is 3.24. The van der Waals surface area contributed by atoms with Gasteiger partial charge in [0, 0.05) is 30.2 Å². The zero-order valence-corrected chi connectivity index (χ0v) is 15.8. The van der Waals surface area contributed by atoms with E-state index in [1.807, 2.05) is 24.3 Å². The summed E-state index contributed by atoms with van der Waals surface area (Å²) in [7, 11) is 0. The number of hydrogen-bond donors (Lipinski definition) is 2. The second-order valence-electron chi connectivity index (χ2n) is 6.66. The Balaban J connectivity index is 1.55. The number of carboxylic acid groups (broad SMARTS) is 1. The van der Waals surface area contributed by atoms with Gasteiger partial charge in [-0.1, -0.05) is 41.1 Å². The smallest absolute Gasteiger partial charge is 0.336 e. The zero-order chi connectivity index (χ0) is 20.2. The lowest BCUT2D eigenvalue weighted by atomic mass is 10.1. The molecule has 2 heterocycles. The van der Waals surface area contributed by atoms with Crippen molar-refractivity contribution < 1.29 is 9.90 Å². The molecule has 0 spiro atoms. The van der Waals surface area contributed by atoms with Crippen LogP contribution in [0.1, 0.15) is 21.5 Å². The summed E-state index contributed by atoms with van der Waals surface area (Å²) in [5.74, 6) is -1.03. The molecule has 2 N–H and O–H groups in total. The van der Waals surface area contributed by atoms with E-state index in [0.717, 1.165) is 11.4 Å². The second-order valence-corrected chi connectivity index (χ2v) is 6.66. The fourth-order valence-electron chi connectivity index (χ4n) is 2.97. The number of carboxylic acids is 1. The van der Waals surface area contributed by atoms with E-state index >= 15 is 0 Å². The molecule has 0 aliphatic heterocycles. The number of aromatic carboxylic acids is 1. The van der Waals surface area contributed by atoms with Crippen molar-refractivity contribution >= 4 is 11.7 Å². The lowest BCUT2D eigenvalue weighted by Gasteiger charge is -2.09. The van der Waals surface area contributed by atoms with E-state index in [1.165, 1.54) is 29.6 Å². The van der Waals surface area contributed by atoms with E-state index in [0.29, 0.717) is 17.8 Å². The van der Waals surface area contributed by atoms with Crippen LogP contribution in [-0.2, 0) is 6.54 Å². The van der Waals surface area contributed by atoms with Gasteiger partial charge < -0.3 is 10.4 Å². The molecule has 7 nitrogen and oxygen atoms in total. The minimum Gasteiger partial charge on any atom is -0.478 e. The minimum absolute atomic E-state index is 0.139. The molecule has 29 heavy (non-hydrogen) atoms. The molecule has 2 aromatic heterocycles. The Kier molecular flexibility index (Phi) is 5.03. The van der Waals surface area contributed by atoms with Crippen LogP contribution in [-0.4, -0.2) is 31.1 Å². The largest absolute Gasteiger partial charge is 0.478 e. The monoisotopic (exact) mass is 385 g/mol. The number of aryl methyl sites for hydroxylation is 1. The van der Waals surface area contributed by atoms with Gasteiger partial charge in [0.05, 0.1) is 17.4 Å². The summed E-state index contributed by atoms with van der Waals surface area (Å²) in [6.07, 6.45) is 4.63. The first-order valence-corrected chi connectivity index (χ1v) is 9.10. The van der Waals surface area contributed by atoms with Crippen molar-refractivity contribution in [2.24, 2.45) is 0 Å². The number of pyridine rings is 1. The zero-order valence-electron chi connectivity index (χ0n) is 15.8. The van der Waals surface area contributed by atoms with Gasteiger partial charge in [-0.25, -0.2) is 9.48 Å². The van der Waals surface area contributed by atoms with Crippen molar-refractivity contribution in [1.82, 2.24) is 20.0 Å². The topological polar surface area (TPSA) is 92.9 Å². The maximum atomic E-state index is 11.4. The number of nitrogens with one attached hydrogen (secondary N) is 1. The van der Waals surface area contributed by atoms with Crippen LogP contribution in [0.2, 0.25) is 0 Å². The van der Waals surface area contributed by atoms with Crippen LogP contribution in [0.15, 0.2) is 73.2 Å². The van der Waals surface area contributed by atoms with Gasteiger partial charge in [-0.05, 0) is 36.8 Å². The fraction of sp³-hybridized carbons (Fsp3) is 0.0909. The van der Waals surface area contributed by atoms with Crippen LogP contribution in [0.25, 0.3) is 16.9 Å². The Morgan fingerprint density at radius 3 is 2.76 bits per heavy atom. The summed E-state index contributed by atoms with van der Waals surface area (Å²) in [4.78, 5) is 15.4. The molecule has 0 amide bonds. The Bertz CT molecular complexity index is 1150. The van der Waals surface area contributed by atoms with Gasteiger partial charge in [0.1, 0.15) is 5.69 Å². The van der Waals surface area contributed by atoms with Crippen LogP contribution >= 0.6 is 0 Å². The Labute approximate surface area is 167 Å². The summed E-state index contributed by atoms with van der Waals surface area (Å²) in [6.45, 7) is 2.78. The van der Waals surface area contributed by atoms with Crippen LogP contribution in [0.4, 0.5) is 5.69 Å². The van der Waals surface area contributed by atoms with Crippen molar-refractivity contribution in [2.45, 2.75) is 13.5 Å². The number of nitrogens with zero attached hydrogens (tertiary/aromatic N) is 4. The number of hydrogen-bond acceptors (Lipinski definition) is 5. The van der Waals surface area contributed by atoms with Gasteiger partial charge in [0.15, 0.2) is 0 Å². The first-order valence-electron chi connectivity index (χ1n) is 9.10. The molecule has 0 saturated heterocycles. The lowest BCUT2D eigenvalue weighted by Crippen LogP contribution is -2.01. The van der Waals surface area contributed by atoms with Gasteiger partial charge >= 0.3 is 5.97 Å². The van der Waals surface area contributed by atoms with Crippen molar-refractivity contribution in [3.05, 3.63) is 89.9 Å². The van der Waals surface area contributed by atoms with E-state index in [-0.39, 0.29) is 5.56 Å². The highest BCUT2D eigenvalue weighted by Gasteiger charge is 2.15. The number of rotatable bonds is 6. The number of anilines is 1. The molecule has 2 aromatic carbocycles. The maximum Gasteiger partial charge on any atom is 0.336 e. The molecule has 4 aromatic rings. The summed E-state index contributed by atoms with van der Waals surface area (Å²) in [5.41, 5.74) is 5.22. The molecule has 0 unspecified atom stereocenters. The highest BCUT2D eigenvalue weighted by Crippen LogP contribution is 2.22. The highest BCUT2D eigenvalue weighted by atomic mass is 16.4. The quantitative estimate of drug-likeness (QED) is 0.522. The van der Waals surface area contributed by atoms with E-state index in [9.17, 15) is 9.90 Å². The average molecular weight is 385 g/mol. The van der Waals surface area contributed by atoms with Crippen LogP contribution in [0.5, 0.6) is 0 Å². The molecule has 0 atom stereocenters. The van der Waals surface area contributed by atoms with Crippen LogP contribution in [0.3, 0.4) is 0 Å². The number of benzene rings is 2. The summed E-state index contributed by atoms with van der Waals surface area (Å²) in [5, 5.41) is 21.0. The maximum absolute atomic E-state index is 11.4. The van der Waals surface area contributed by atoms with Crippen molar-refractivity contribution in [1.29, 1.82) is 0 Å². The molecule has 0 aliphatic rings. The van der Waals surface area contributed by atoms with Crippen LogP contribution < -0.4 is 5.32 Å². The summed E-state index contributed by atoms with van der Waals surface area (Å²) < 4.78 is 1.62. The Morgan fingerprint density at radius 1 is 1.14 bits per heavy atom. The molecular weight excluding hydrogens is 366 g/mol. The molecule has 0 fully saturated rings. The van der Waals surface area contributed by atoms with Crippen molar-refractivity contribution in [3.63, 3.8) is 0 Å². The standard InChI is InChI=1S/C22H19N5O2/c1-15-5-7-16(8-6-15)12-24-17-3-2-4-18(11-17)27-14-21(25-26-27)20-13-23-10-9-19(20)22(28)29/h2-11,13-14,24H,12H2,1H3,(H,28,29). The molecule has 7 heteroatoms. The molecule has 0 saturated carbocycles. The molecule has 4 rings (SSSR count). The van der Waals surface area contributed by atoms with Gasteiger partial charge in [-0.3, -0.25) is 4.98 Å². The first kappa shape index (κ1) is 18.4. The first-order chi connectivity index (χ1) is 14.1. The third-order valence-corrected chi connectivity index (χ3v) is 4.55. The molecule has 0 bridgehead atoms. The number of aromatic nitrogens is 4. The Morgan fingerprint density at radius 2 is 1.97 bits per heavy atom. The molecular formula is C22H19N5O2. The Hall–Kier alpha value is -4.00. The number of carbonyl (C=O) groups is 1. The lowest BCUT2D eigenvalue weighted by molar-refractivity contribution is 0.0697. The van der Waals surface area contributed by atoms with E-state index in [1.54, 1.807) is 10.9 Å². The van der Waals surface area contributed by atoms with Gasteiger partial charge in [-0.2, -0.15) is 0 Å².